The van der Waals surface area contributed by atoms with Gasteiger partial charge < -0.3 is 20.5 Å². The second-order valence-electron chi connectivity index (χ2n) is 6.12. The molecule has 0 spiro atoms. The highest BCUT2D eigenvalue weighted by Crippen LogP contribution is 2.30. The Hall–Kier alpha value is -2.97. The molecule has 134 valence electrons. The van der Waals surface area contributed by atoms with E-state index in [-0.39, 0.29) is 6.61 Å². The van der Waals surface area contributed by atoms with Gasteiger partial charge in [0, 0.05) is 24.7 Å². The number of nitrogens with two attached hydrogens (primary N) is 1. The summed E-state index contributed by atoms with van der Waals surface area (Å²) in [6.45, 7) is 1.55. The van der Waals surface area contributed by atoms with Crippen LogP contribution in [0.2, 0.25) is 0 Å². The van der Waals surface area contributed by atoms with E-state index in [4.69, 9.17) is 15.6 Å². The summed E-state index contributed by atoms with van der Waals surface area (Å²) in [6.07, 6.45) is 3.42. The average molecular weight is 353 g/mol. The molecule has 1 atom stereocenters. The van der Waals surface area contributed by atoms with Crippen LogP contribution in [0.15, 0.2) is 42.7 Å². The van der Waals surface area contributed by atoms with Crippen molar-refractivity contribution in [2.45, 2.75) is 12.6 Å². The average Bonchev–Trinajstić information content (AvgIpc) is 3.07. The zero-order valence-corrected chi connectivity index (χ0v) is 14.1. The van der Waals surface area contributed by atoms with E-state index in [0.717, 1.165) is 22.2 Å². The number of aliphatic carboxylic acids is 1. The fourth-order valence-electron chi connectivity index (χ4n) is 3.19. The Labute approximate surface area is 149 Å². The lowest BCUT2D eigenvalue weighted by atomic mass is 10.2. The van der Waals surface area contributed by atoms with E-state index in [9.17, 15) is 9.90 Å². The Morgan fingerprint density at radius 3 is 2.85 bits per heavy atom. The Kier molecular flexibility index (Phi) is 4.27. The quantitative estimate of drug-likeness (QED) is 0.725. The van der Waals surface area contributed by atoms with Crippen molar-refractivity contribution in [2.75, 3.05) is 24.7 Å². The van der Waals surface area contributed by atoms with Crippen LogP contribution in [0.4, 0.5) is 5.82 Å². The minimum absolute atomic E-state index is 0.139. The molecule has 3 heterocycles. The van der Waals surface area contributed by atoms with Gasteiger partial charge in [0.25, 0.3) is 0 Å². The molecule has 1 saturated heterocycles. The second kappa shape index (κ2) is 6.74. The maximum Gasteiger partial charge on any atom is 0.328 e. The number of ether oxygens (including phenoxy) is 1. The fourth-order valence-corrected chi connectivity index (χ4v) is 3.19. The molecule has 8 heteroatoms. The van der Waals surface area contributed by atoms with E-state index in [2.05, 4.69) is 4.98 Å². The molecule has 4 rings (SSSR count). The first-order valence-corrected chi connectivity index (χ1v) is 8.38. The second-order valence-corrected chi connectivity index (χ2v) is 6.12. The molecule has 0 aliphatic carbocycles. The maximum absolute atomic E-state index is 11.6. The zero-order chi connectivity index (χ0) is 18.1. The van der Waals surface area contributed by atoms with Gasteiger partial charge in [-0.1, -0.05) is 12.1 Å². The summed E-state index contributed by atoms with van der Waals surface area (Å²) in [4.78, 5) is 17.6. The minimum atomic E-state index is -0.922. The minimum Gasteiger partial charge on any atom is -0.480 e. The highest BCUT2D eigenvalue weighted by molar-refractivity contribution is 5.93. The molecular formula is C18H19N5O3. The van der Waals surface area contributed by atoms with Gasteiger partial charge in [-0.2, -0.15) is 0 Å². The third-order valence-electron chi connectivity index (χ3n) is 4.57. The number of aromatic nitrogens is 3. The van der Waals surface area contributed by atoms with E-state index in [1.54, 1.807) is 22.0 Å². The number of carboxylic acids is 1. The van der Waals surface area contributed by atoms with Crippen molar-refractivity contribution in [3.8, 4) is 5.69 Å². The zero-order valence-electron chi connectivity index (χ0n) is 14.1. The highest BCUT2D eigenvalue weighted by atomic mass is 16.5. The first-order valence-electron chi connectivity index (χ1n) is 8.38. The first kappa shape index (κ1) is 16.5. The SMILES string of the molecule is NCc1ccc(-n2nc(N3CCOCC3C(=O)O)c3ccncc32)cc1. The van der Waals surface area contributed by atoms with Crippen LogP contribution < -0.4 is 10.6 Å². The van der Waals surface area contributed by atoms with Crippen molar-refractivity contribution in [2.24, 2.45) is 5.73 Å². The summed E-state index contributed by atoms with van der Waals surface area (Å²) in [5.74, 6) is -0.297. The van der Waals surface area contributed by atoms with Crippen molar-refractivity contribution in [3.63, 3.8) is 0 Å². The Morgan fingerprint density at radius 1 is 1.31 bits per heavy atom. The molecule has 0 amide bonds. The van der Waals surface area contributed by atoms with Crippen LogP contribution in [0, 0.1) is 0 Å². The summed E-state index contributed by atoms with van der Waals surface area (Å²) in [6, 6.07) is 8.89. The van der Waals surface area contributed by atoms with Gasteiger partial charge in [-0.25, -0.2) is 9.48 Å². The van der Waals surface area contributed by atoms with Crippen LogP contribution in [0.5, 0.6) is 0 Å². The Balaban J connectivity index is 1.84. The Bertz CT molecular complexity index is 938. The summed E-state index contributed by atoms with van der Waals surface area (Å²) >= 11 is 0. The fraction of sp³-hybridized carbons (Fsp3) is 0.278. The van der Waals surface area contributed by atoms with Gasteiger partial charge in [-0.15, -0.1) is 5.10 Å². The van der Waals surface area contributed by atoms with Gasteiger partial charge in [0.2, 0.25) is 0 Å². The lowest BCUT2D eigenvalue weighted by molar-refractivity contribution is -0.141. The van der Waals surface area contributed by atoms with Gasteiger partial charge in [-0.05, 0) is 23.8 Å². The molecule has 1 unspecified atom stereocenters. The number of carbonyl (C=O) groups is 1. The van der Waals surface area contributed by atoms with E-state index in [1.165, 1.54) is 0 Å². The summed E-state index contributed by atoms with van der Waals surface area (Å²) < 4.78 is 7.13. The van der Waals surface area contributed by atoms with Crippen LogP contribution in [-0.2, 0) is 16.1 Å². The van der Waals surface area contributed by atoms with Crippen molar-refractivity contribution in [3.05, 3.63) is 48.3 Å². The van der Waals surface area contributed by atoms with Crippen LogP contribution in [-0.4, -0.2) is 51.6 Å². The number of anilines is 1. The standard InChI is InChI=1S/C18H19N5O3/c19-9-12-1-3-13(4-2-12)23-15-10-20-6-5-14(15)17(21-23)22-7-8-26-11-16(22)18(24)25/h1-6,10,16H,7-9,11,19H2,(H,24,25). The van der Waals surface area contributed by atoms with Gasteiger partial charge >= 0.3 is 5.97 Å². The lowest BCUT2D eigenvalue weighted by Gasteiger charge is -2.33. The number of pyridine rings is 1. The molecule has 26 heavy (non-hydrogen) atoms. The number of fused-ring (bicyclic) bond motifs is 1. The molecule has 1 aliphatic heterocycles. The van der Waals surface area contributed by atoms with Gasteiger partial charge in [-0.3, -0.25) is 4.98 Å². The maximum atomic E-state index is 11.6. The molecular weight excluding hydrogens is 334 g/mol. The molecule has 3 aromatic rings. The molecule has 0 radical (unpaired) electrons. The van der Waals surface area contributed by atoms with Crippen molar-refractivity contribution < 1.29 is 14.6 Å². The third-order valence-corrected chi connectivity index (χ3v) is 4.57. The topological polar surface area (TPSA) is 106 Å². The summed E-state index contributed by atoms with van der Waals surface area (Å²) in [7, 11) is 0. The molecule has 0 bridgehead atoms. The molecule has 8 nitrogen and oxygen atoms in total. The van der Waals surface area contributed by atoms with Gasteiger partial charge in [0.1, 0.15) is 0 Å². The van der Waals surface area contributed by atoms with Crippen LogP contribution >= 0.6 is 0 Å². The summed E-state index contributed by atoms with van der Waals surface area (Å²) in [5.41, 5.74) is 8.38. The number of benzene rings is 1. The number of nitrogens with zero attached hydrogens (tertiary/aromatic N) is 4. The summed E-state index contributed by atoms with van der Waals surface area (Å²) in [5, 5.41) is 15.1. The van der Waals surface area contributed by atoms with E-state index in [0.29, 0.717) is 25.5 Å². The Morgan fingerprint density at radius 2 is 2.12 bits per heavy atom. The molecule has 3 N–H and O–H groups in total. The van der Waals surface area contributed by atoms with Gasteiger partial charge in [0.15, 0.2) is 11.9 Å². The molecule has 1 fully saturated rings. The number of rotatable bonds is 4. The monoisotopic (exact) mass is 353 g/mol. The number of hydrogen-bond acceptors (Lipinski definition) is 6. The molecule has 2 aromatic heterocycles. The van der Waals surface area contributed by atoms with Crippen molar-refractivity contribution in [1.82, 2.24) is 14.8 Å². The third kappa shape index (κ3) is 2.79. The van der Waals surface area contributed by atoms with E-state index in [1.807, 2.05) is 30.3 Å². The van der Waals surface area contributed by atoms with E-state index >= 15 is 0 Å². The van der Waals surface area contributed by atoms with Crippen LogP contribution in [0.25, 0.3) is 16.6 Å². The molecule has 1 aliphatic rings. The van der Waals surface area contributed by atoms with Crippen LogP contribution in [0.1, 0.15) is 5.56 Å². The lowest BCUT2D eigenvalue weighted by Crippen LogP contribution is -2.50. The van der Waals surface area contributed by atoms with E-state index < -0.39 is 12.0 Å². The largest absolute Gasteiger partial charge is 0.480 e. The van der Waals surface area contributed by atoms with Gasteiger partial charge in [0.05, 0.1) is 30.6 Å². The molecule has 0 saturated carbocycles. The predicted molar refractivity (Wildman–Crippen MR) is 96.3 cm³/mol. The number of morpholine rings is 1. The van der Waals surface area contributed by atoms with Crippen molar-refractivity contribution in [1.29, 1.82) is 0 Å². The number of hydrogen-bond donors (Lipinski definition) is 2. The number of carboxylic acid groups (broad SMARTS) is 1. The first-order chi connectivity index (χ1) is 12.7. The molecule has 1 aromatic carbocycles. The van der Waals surface area contributed by atoms with Crippen LogP contribution in [0.3, 0.4) is 0 Å². The highest BCUT2D eigenvalue weighted by Gasteiger charge is 2.32. The normalized spacial score (nSPS) is 17.6. The van der Waals surface area contributed by atoms with Crippen molar-refractivity contribution >= 4 is 22.7 Å². The predicted octanol–water partition coefficient (Wildman–Crippen LogP) is 1.17. The smallest absolute Gasteiger partial charge is 0.328 e.